The Balaban J connectivity index is 2.58. The highest BCUT2D eigenvalue weighted by Gasteiger charge is 2.34. The minimum Gasteiger partial charge on any atom is -0.465 e. The molecule has 1 fully saturated rings. The zero-order valence-corrected chi connectivity index (χ0v) is 10.9. The predicted octanol–water partition coefficient (Wildman–Crippen LogP) is 1.79. The third kappa shape index (κ3) is 2.42. The van der Waals surface area contributed by atoms with Crippen LogP contribution in [0.25, 0.3) is 0 Å². The van der Waals surface area contributed by atoms with Crippen LogP contribution in [-0.2, 0) is 9.53 Å². The lowest BCUT2D eigenvalue weighted by Gasteiger charge is -2.20. The van der Waals surface area contributed by atoms with Crippen LogP contribution < -0.4 is 4.90 Å². The lowest BCUT2D eigenvalue weighted by molar-refractivity contribution is -0.117. The number of methoxy groups -OCH3 is 1. The fourth-order valence-corrected chi connectivity index (χ4v) is 2.33. The highest BCUT2D eigenvalue weighted by Crippen LogP contribution is 2.32. The molecule has 1 aliphatic rings. The number of esters is 1. The van der Waals surface area contributed by atoms with Gasteiger partial charge in [0.05, 0.1) is 12.8 Å². The number of carbonyl (C=O) groups excluding carboxylic acids is 2. The van der Waals surface area contributed by atoms with Crippen molar-refractivity contribution in [1.82, 2.24) is 0 Å². The molecule has 0 spiro atoms. The van der Waals surface area contributed by atoms with Crippen LogP contribution in [0.3, 0.4) is 0 Å². The van der Waals surface area contributed by atoms with E-state index >= 15 is 0 Å². The Labute approximate surface area is 113 Å². The molecule has 0 N–H and O–H groups in total. The molecule has 4 nitrogen and oxygen atoms in total. The monoisotopic (exact) mass is 287 g/mol. The number of amides is 1. The van der Waals surface area contributed by atoms with E-state index in [2.05, 4.69) is 17.4 Å². The van der Waals surface area contributed by atoms with Gasteiger partial charge in [0, 0.05) is 18.2 Å². The first-order valence-electron chi connectivity index (χ1n) is 5.50. The smallest absolute Gasteiger partial charge is 0.343 e. The van der Waals surface area contributed by atoms with Gasteiger partial charge in [-0.2, -0.15) is 12.6 Å². The number of hydrogen-bond donors (Lipinski definition) is 1. The van der Waals surface area contributed by atoms with Crippen molar-refractivity contribution < 1.29 is 23.1 Å². The number of halogens is 2. The molecule has 2 rings (SSSR count). The van der Waals surface area contributed by atoms with E-state index in [0.717, 1.165) is 24.1 Å². The number of nitrogens with zero attached hydrogens (tertiary/aromatic N) is 1. The van der Waals surface area contributed by atoms with Crippen molar-refractivity contribution in [3.05, 3.63) is 29.3 Å². The Bertz CT molecular complexity index is 550. The van der Waals surface area contributed by atoms with Gasteiger partial charge in [-0.1, -0.05) is 0 Å². The average Bonchev–Trinajstić information content (AvgIpc) is 2.69. The molecule has 7 heteroatoms. The SMILES string of the molecule is COC(=O)c1c(F)ccc(F)c1N1CC(S)CC1=O. The predicted molar refractivity (Wildman–Crippen MR) is 67.4 cm³/mol. The lowest BCUT2D eigenvalue weighted by Crippen LogP contribution is -2.28. The summed E-state index contributed by atoms with van der Waals surface area (Å²) in [4.78, 5) is 24.3. The number of benzene rings is 1. The van der Waals surface area contributed by atoms with Gasteiger partial charge >= 0.3 is 5.97 Å². The maximum atomic E-state index is 13.9. The van der Waals surface area contributed by atoms with Crippen LogP contribution in [0.4, 0.5) is 14.5 Å². The molecule has 0 radical (unpaired) electrons. The van der Waals surface area contributed by atoms with Crippen molar-refractivity contribution in [3.8, 4) is 0 Å². The van der Waals surface area contributed by atoms with Crippen molar-refractivity contribution in [3.63, 3.8) is 0 Å². The Morgan fingerprint density at radius 3 is 2.58 bits per heavy atom. The average molecular weight is 287 g/mol. The van der Waals surface area contributed by atoms with Crippen LogP contribution in [0.2, 0.25) is 0 Å². The molecule has 1 amide bonds. The topological polar surface area (TPSA) is 46.6 Å². The van der Waals surface area contributed by atoms with Gasteiger partial charge in [0.25, 0.3) is 0 Å². The van der Waals surface area contributed by atoms with Crippen molar-refractivity contribution in [1.29, 1.82) is 0 Å². The Morgan fingerprint density at radius 1 is 1.42 bits per heavy atom. The summed E-state index contributed by atoms with van der Waals surface area (Å²) in [6.07, 6.45) is 0.111. The van der Waals surface area contributed by atoms with Crippen molar-refractivity contribution >= 4 is 30.2 Å². The number of rotatable bonds is 2. The van der Waals surface area contributed by atoms with Crippen LogP contribution in [0, 0.1) is 11.6 Å². The molecular formula is C12H11F2NO3S. The Kier molecular flexibility index (Phi) is 3.75. The lowest BCUT2D eigenvalue weighted by atomic mass is 10.1. The zero-order valence-electron chi connectivity index (χ0n) is 10.0. The molecule has 19 heavy (non-hydrogen) atoms. The normalized spacial score (nSPS) is 18.8. The van der Waals surface area contributed by atoms with E-state index in [0.29, 0.717) is 0 Å². The molecular weight excluding hydrogens is 276 g/mol. The number of anilines is 1. The first-order valence-corrected chi connectivity index (χ1v) is 6.02. The fraction of sp³-hybridized carbons (Fsp3) is 0.333. The first-order chi connectivity index (χ1) is 8.95. The van der Waals surface area contributed by atoms with Crippen LogP contribution in [0.5, 0.6) is 0 Å². The molecule has 1 atom stereocenters. The molecule has 1 aliphatic heterocycles. The van der Waals surface area contributed by atoms with E-state index in [1.54, 1.807) is 0 Å². The second kappa shape index (κ2) is 5.16. The van der Waals surface area contributed by atoms with Crippen molar-refractivity contribution in [2.24, 2.45) is 0 Å². The molecule has 1 unspecified atom stereocenters. The van der Waals surface area contributed by atoms with Crippen LogP contribution in [0.15, 0.2) is 12.1 Å². The van der Waals surface area contributed by atoms with Gasteiger partial charge < -0.3 is 9.64 Å². The van der Waals surface area contributed by atoms with Crippen LogP contribution in [0.1, 0.15) is 16.8 Å². The summed E-state index contributed by atoms with van der Waals surface area (Å²) in [6, 6.07) is 1.69. The second-order valence-electron chi connectivity index (χ2n) is 4.11. The highest BCUT2D eigenvalue weighted by atomic mass is 32.1. The maximum Gasteiger partial charge on any atom is 0.343 e. The third-order valence-electron chi connectivity index (χ3n) is 2.84. The van der Waals surface area contributed by atoms with Crippen LogP contribution >= 0.6 is 12.6 Å². The largest absolute Gasteiger partial charge is 0.465 e. The summed E-state index contributed by atoms with van der Waals surface area (Å²) in [5.74, 6) is -3.21. The molecule has 0 saturated carbocycles. The first kappa shape index (κ1) is 13.8. The summed E-state index contributed by atoms with van der Waals surface area (Å²) in [5, 5.41) is -0.277. The summed E-state index contributed by atoms with van der Waals surface area (Å²) in [5.41, 5.74) is -0.952. The van der Waals surface area contributed by atoms with Crippen molar-refractivity contribution in [2.45, 2.75) is 11.7 Å². The standard InChI is InChI=1S/C12H11F2NO3S/c1-18-12(17)10-7(13)2-3-8(14)11(10)15-5-6(19)4-9(15)16/h2-3,6,19H,4-5H2,1H3. The van der Waals surface area contributed by atoms with Gasteiger partial charge in [-0.15, -0.1) is 0 Å². The van der Waals surface area contributed by atoms with Gasteiger partial charge in [0.15, 0.2) is 0 Å². The maximum absolute atomic E-state index is 13.9. The van der Waals surface area contributed by atoms with E-state index in [1.807, 2.05) is 0 Å². The molecule has 1 aromatic carbocycles. The van der Waals surface area contributed by atoms with Crippen molar-refractivity contribution in [2.75, 3.05) is 18.6 Å². The zero-order chi connectivity index (χ0) is 14.2. The van der Waals surface area contributed by atoms with Gasteiger partial charge in [-0.05, 0) is 12.1 Å². The molecule has 0 aromatic heterocycles. The number of ether oxygens (including phenoxy) is 1. The number of hydrogen-bond acceptors (Lipinski definition) is 4. The summed E-state index contributed by atoms with van der Waals surface area (Å²) in [7, 11) is 1.06. The Morgan fingerprint density at radius 2 is 2.05 bits per heavy atom. The van der Waals surface area contributed by atoms with E-state index in [9.17, 15) is 18.4 Å². The molecule has 102 valence electrons. The molecule has 0 bridgehead atoms. The van der Waals surface area contributed by atoms with E-state index in [1.165, 1.54) is 0 Å². The Hall–Kier alpha value is -1.63. The minimum atomic E-state index is -1.03. The highest BCUT2D eigenvalue weighted by molar-refractivity contribution is 7.81. The van der Waals surface area contributed by atoms with E-state index in [4.69, 9.17) is 0 Å². The van der Waals surface area contributed by atoms with E-state index in [-0.39, 0.29) is 23.9 Å². The van der Waals surface area contributed by atoms with Gasteiger partial charge in [0.1, 0.15) is 17.2 Å². The second-order valence-corrected chi connectivity index (χ2v) is 4.84. The quantitative estimate of drug-likeness (QED) is 0.666. The van der Waals surface area contributed by atoms with Gasteiger partial charge in [-0.25, -0.2) is 13.6 Å². The molecule has 1 aromatic rings. The fourth-order valence-electron chi connectivity index (χ4n) is 2.01. The molecule has 1 saturated heterocycles. The summed E-state index contributed by atoms with van der Waals surface area (Å²) in [6.45, 7) is 0.117. The third-order valence-corrected chi connectivity index (χ3v) is 3.19. The number of thiol groups is 1. The summed E-state index contributed by atoms with van der Waals surface area (Å²) < 4.78 is 32.0. The number of carbonyl (C=O) groups is 2. The van der Waals surface area contributed by atoms with E-state index < -0.39 is 29.1 Å². The molecule has 0 aliphatic carbocycles. The minimum absolute atomic E-state index is 0.111. The molecule has 1 heterocycles. The van der Waals surface area contributed by atoms with Crippen LogP contribution in [-0.4, -0.2) is 30.8 Å². The van der Waals surface area contributed by atoms with Gasteiger partial charge in [-0.3, -0.25) is 4.79 Å². The van der Waals surface area contributed by atoms with Gasteiger partial charge in [0.2, 0.25) is 5.91 Å². The summed E-state index contributed by atoms with van der Waals surface area (Å²) >= 11 is 4.14.